The van der Waals surface area contributed by atoms with Crippen LogP contribution in [-0.4, -0.2) is 108 Å². The Morgan fingerprint density at radius 1 is 1.22 bits per heavy atom. The van der Waals surface area contributed by atoms with Crippen molar-refractivity contribution >= 4 is 28.0 Å². The Morgan fingerprint density at radius 3 is 2.68 bits per heavy atom. The molecule has 0 aliphatic carbocycles. The van der Waals surface area contributed by atoms with Gasteiger partial charge in [0, 0.05) is 31.7 Å². The number of nitrogens with zero attached hydrogens (tertiary/aromatic N) is 4. The molecule has 9 N–H and O–H groups in total. The van der Waals surface area contributed by atoms with E-state index in [0.29, 0.717) is 25.4 Å². The second kappa shape index (κ2) is 9.42. The predicted octanol–water partition coefficient (Wildman–Crippen LogP) is -2.55. The number of nitrogens with two attached hydrogens (primary N) is 2. The number of fused-ring (bicyclic) bond motifs is 1. The van der Waals surface area contributed by atoms with E-state index in [4.69, 9.17) is 16.2 Å². The molecule has 1 amide bonds. The molecule has 1 spiro atoms. The Hall–Kier alpha value is -3.18. The maximum Gasteiger partial charge on any atom is 0.279 e. The topological polar surface area (TPSA) is 220 Å². The number of guanidine groups is 2. The molecule has 15 nitrogen and oxygen atoms in total. The lowest BCUT2D eigenvalue weighted by Gasteiger charge is -2.49. The van der Waals surface area contributed by atoms with Gasteiger partial charge in [-0.05, 0) is 30.7 Å². The van der Waals surface area contributed by atoms with Crippen LogP contribution >= 0.6 is 0 Å². The van der Waals surface area contributed by atoms with Crippen molar-refractivity contribution in [3.05, 3.63) is 29.3 Å². The van der Waals surface area contributed by atoms with Gasteiger partial charge in [0.05, 0.1) is 18.2 Å². The van der Waals surface area contributed by atoms with Crippen molar-refractivity contribution in [3.63, 3.8) is 0 Å². The number of carbonyl (C=O) groups excluding carboxylic acids is 1. The Labute approximate surface area is 238 Å². The Bertz CT molecular complexity index is 1420. The summed E-state index contributed by atoms with van der Waals surface area (Å²) >= 11 is 0. The van der Waals surface area contributed by atoms with Gasteiger partial charge in [0.25, 0.3) is 16.1 Å². The zero-order valence-corrected chi connectivity index (χ0v) is 23.8. The fourth-order valence-electron chi connectivity index (χ4n) is 6.65. The third-order valence-corrected chi connectivity index (χ3v) is 10.5. The fraction of sp³-hybridized carbons (Fsp3) is 0.640. The van der Waals surface area contributed by atoms with Gasteiger partial charge in [-0.3, -0.25) is 4.79 Å². The van der Waals surface area contributed by atoms with Gasteiger partial charge < -0.3 is 42.0 Å². The summed E-state index contributed by atoms with van der Waals surface area (Å²) in [5.74, 6) is -2.91. The van der Waals surface area contributed by atoms with Crippen LogP contribution in [0.4, 0.5) is 0 Å². The van der Waals surface area contributed by atoms with Crippen LogP contribution in [0.15, 0.2) is 28.2 Å². The number of para-hydroxylation sites is 1. The number of hydrogen-bond acceptors (Lipinski definition) is 12. The van der Waals surface area contributed by atoms with Gasteiger partial charge in [0.2, 0.25) is 5.79 Å². The number of hydrogen-bond donors (Lipinski definition) is 7. The minimum Gasteiger partial charge on any atom is -0.492 e. The number of ether oxygens (including phenoxy) is 1. The lowest BCUT2D eigenvalue weighted by molar-refractivity contribution is -0.230. The highest BCUT2D eigenvalue weighted by Gasteiger charge is 2.73. The fourth-order valence-corrected chi connectivity index (χ4v) is 7.95. The SMILES string of the molecule is CC1(C)CCOc2c(C(=O)NC3CN4C(N)=N[C@@H](CNS(=O)(=O)N5CCCC5)C5N=C(N)NC54C3(O)O)cccc21. The first-order valence-corrected chi connectivity index (χ1v) is 15.2. The van der Waals surface area contributed by atoms with Gasteiger partial charge in [0.1, 0.15) is 17.8 Å². The quantitative estimate of drug-likeness (QED) is 0.172. The lowest BCUT2D eigenvalue weighted by Crippen LogP contribution is -2.78. The first kappa shape index (κ1) is 28.0. The van der Waals surface area contributed by atoms with Crippen molar-refractivity contribution in [2.24, 2.45) is 21.5 Å². The van der Waals surface area contributed by atoms with Crippen LogP contribution in [0.3, 0.4) is 0 Å². The molecule has 5 aliphatic rings. The minimum atomic E-state index is -3.78. The maximum absolute atomic E-state index is 13.6. The summed E-state index contributed by atoms with van der Waals surface area (Å²) in [4.78, 5) is 23.8. The van der Waals surface area contributed by atoms with E-state index in [9.17, 15) is 23.4 Å². The summed E-state index contributed by atoms with van der Waals surface area (Å²) < 4.78 is 35.4. The largest absolute Gasteiger partial charge is 0.492 e. The van der Waals surface area contributed by atoms with Crippen LogP contribution in [0.5, 0.6) is 5.75 Å². The summed E-state index contributed by atoms with van der Waals surface area (Å²) in [5.41, 5.74) is 11.5. The molecule has 0 bridgehead atoms. The number of nitrogens with one attached hydrogen (secondary N) is 3. The third-order valence-electron chi connectivity index (χ3n) is 8.95. The molecule has 224 valence electrons. The monoisotopic (exact) mass is 591 g/mol. The zero-order chi connectivity index (χ0) is 29.4. The number of rotatable bonds is 6. The van der Waals surface area contributed by atoms with Gasteiger partial charge in [-0.15, -0.1) is 0 Å². The normalized spacial score (nSPS) is 31.7. The van der Waals surface area contributed by atoms with Crippen LogP contribution in [0, 0.1) is 0 Å². The zero-order valence-electron chi connectivity index (χ0n) is 23.0. The number of aliphatic imine (C=N–C) groups is 2. The van der Waals surface area contributed by atoms with Gasteiger partial charge in [-0.2, -0.15) is 17.4 Å². The molecule has 0 saturated carbocycles. The Morgan fingerprint density at radius 2 is 1.95 bits per heavy atom. The molecule has 2 saturated heterocycles. The second-order valence-electron chi connectivity index (χ2n) is 11.9. The minimum absolute atomic E-state index is 0.0737. The van der Waals surface area contributed by atoms with E-state index in [2.05, 4.69) is 39.2 Å². The van der Waals surface area contributed by atoms with E-state index >= 15 is 0 Å². The molecule has 2 fully saturated rings. The van der Waals surface area contributed by atoms with Crippen molar-refractivity contribution in [1.82, 2.24) is 24.6 Å². The molecular weight excluding hydrogens is 554 g/mol. The molecule has 41 heavy (non-hydrogen) atoms. The van der Waals surface area contributed by atoms with E-state index in [1.165, 1.54) is 9.21 Å². The van der Waals surface area contributed by atoms with Crippen LogP contribution < -0.4 is 31.6 Å². The lowest BCUT2D eigenvalue weighted by atomic mass is 9.79. The number of carbonyl (C=O) groups is 1. The highest BCUT2D eigenvalue weighted by molar-refractivity contribution is 7.87. The van der Waals surface area contributed by atoms with Crippen molar-refractivity contribution in [1.29, 1.82) is 0 Å². The van der Waals surface area contributed by atoms with Crippen molar-refractivity contribution in [2.75, 3.05) is 32.8 Å². The van der Waals surface area contributed by atoms with Crippen molar-refractivity contribution < 1.29 is 28.2 Å². The van der Waals surface area contributed by atoms with Crippen molar-refractivity contribution in [2.45, 2.75) is 68.1 Å². The van der Waals surface area contributed by atoms with E-state index in [-0.39, 0.29) is 36.0 Å². The smallest absolute Gasteiger partial charge is 0.279 e. The molecule has 16 heteroatoms. The standard InChI is InChI=1S/C25H37N9O6S/c1-23(2)8-11-40-18-14(6-5-7-15(18)23)20(35)30-17-13-34-22(27)29-16(12-28-41(38,39)33-9-3-4-10-33)19-24(34,25(17,36)37)32-21(26)31-19/h5-7,16-17,19,28,36-37H,3-4,8-13H2,1-2H3,(H2,27,29)(H,30,35)(H3,26,31,32)/t16-,17?,19?,24?/m0/s1. The predicted molar refractivity (Wildman–Crippen MR) is 149 cm³/mol. The van der Waals surface area contributed by atoms with Gasteiger partial charge in [-0.1, -0.05) is 26.0 Å². The molecular formula is C25H37N9O6S. The maximum atomic E-state index is 13.6. The summed E-state index contributed by atoms with van der Waals surface area (Å²) in [6, 6.07) is 2.11. The molecule has 0 radical (unpaired) electrons. The molecule has 0 aromatic heterocycles. The van der Waals surface area contributed by atoms with Crippen LogP contribution in [0.25, 0.3) is 0 Å². The van der Waals surface area contributed by atoms with Crippen molar-refractivity contribution in [3.8, 4) is 5.75 Å². The summed E-state index contributed by atoms with van der Waals surface area (Å²) in [6.45, 7) is 5.12. The van der Waals surface area contributed by atoms with E-state index in [0.717, 1.165) is 24.8 Å². The summed E-state index contributed by atoms with van der Waals surface area (Å²) in [6.07, 6.45) is 2.35. The molecule has 5 heterocycles. The van der Waals surface area contributed by atoms with E-state index in [1.54, 1.807) is 12.1 Å². The highest BCUT2D eigenvalue weighted by Crippen LogP contribution is 2.45. The number of aliphatic hydroxyl groups is 2. The second-order valence-corrected chi connectivity index (χ2v) is 13.6. The molecule has 1 aromatic carbocycles. The van der Waals surface area contributed by atoms with Gasteiger partial charge in [-0.25, -0.2) is 9.98 Å². The first-order valence-electron chi connectivity index (χ1n) is 13.8. The molecule has 1 aromatic rings. The van der Waals surface area contributed by atoms with Crippen LogP contribution in [0.2, 0.25) is 0 Å². The van der Waals surface area contributed by atoms with Gasteiger partial charge >= 0.3 is 0 Å². The molecule has 5 aliphatic heterocycles. The Kier molecular flexibility index (Phi) is 6.42. The Balaban J connectivity index is 1.27. The van der Waals surface area contributed by atoms with Crippen LogP contribution in [-0.2, 0) is 15.6 Å². The number of benzene rings is 1. The average molecular weight is 592 g/mol. The summed E-state index contributed by atoms with van der Waals surface area (Å²) in [7, 11) is -3.78. The van der Waals surface area contributed by atoms with E-state index in [1.807, 2.05) is 6.07 Å². The average Bonchev–Trinajstić information content (AvgIpc) is 3.62. The highest BCUT2D eigenvalue weighted by atomic mass is 32.2. The molecule has 3 unspecified atom stereocenters. The molecule has 6 rings (SSSR count). The number of amides is 1. The van der Waals surface area contributed by atoms with E-state index < -0.39 is 45.7 Å². The summed E-state index contributed by atoms with van der Waals surface area (Å²) in [5, 5.41) is 29.0. The first-order chi connectivity index (χ1) is 19.3. The van der Waals surface area contributed by atoms with Gasteiger partial charge in [0.15, 0.2) is 17.6 Å². The molecule has 4 atom stereocenters. The van der Waals surface area contributed by atoms with Crippen LogP contribution in [0.1, 0.15) is 49.0 Å². The third kappa shape index (κ3) is 4.22.